The fourth-order valence-corrected chi connectivity index (χ4v) is 4.07. The molecule has 2 aliphatic heterocycles. The van der Waals surface area contributed by atoms with Gasteiger partial charge in [-0.3, -0.25) is 4.79 Å². The summed E-state index contributed by atoms with van der Waals surface area (Å²) in [5, 5.41) is 9.98. The average molecular weight is 359 g/mol. The van der Waals surface area contributed by atoms with Crippen molar-refractivity contribution in [3.63, 3.8) is 0 Å². The minimum Gasteiger partial charge on any atom is -0.493 e. The van der Waals surface area contributed by atoms with E-state index in [0.29, 0.717) is 11.5 Å². The van der Waals surface area contributed by atoms with Crippen LogP contribution in [0.1, 0.15) is 45.1 Å². The summed E-state index contributed by atoms with van der Waals surface area (Å²) in [6.07, 6.45) is 3.35. The van der Waals surface area contributed by atoms with Crippen LogP contribution in [0.4, 0.5) is 0 Å². The fourth-order valence-electron chi connectivity index (χ4n) is 4.07. The second-order valence-electron chi connectivity index (χ2n) is 6.94. The molecule has 0 atom stereocenters. The van der Waals surface area contributed by atoms with Gasteiger partial charge in [0.05, 0.1) is 31.4 Å². The van der Waals surface area contributed by atoms with Crippen LogP contribution in [0.3, 0.4) is 0 Å². The molecule has 1 aromatic rings. The van der Waals surface area contributed by atoms with Crippen molar-refractivity contribution in [3.8, 4) is 11.5 Å². The smallest absolute Gasteiger partial charge is 0.255 e. The quantitative estimate of drug-likeness (QED) is 0.848. The Balaban J connectivity index is 2.04. The van der Waals surface area contributed by atoms with E-state index in [1.807, 2.05) is 18.2 Å². The summed E-state index contributed by atoms with van der Waals surface area (Å²) in [6, 6.07) is 5.96. The van der Waals surface area contributed by atoms with Gasteiger partial charge in [0, 0.05) is 5.56 Å². The number of ether oxygens (including phenoxy) is 2. The van der Waals surface area contributed by atoms with Gasteiger partial charge in [0.2, 0.25) is 0 Å². The summed E-state index contributed by atoms with van der Waals surface area (Å²) in [4.78, 5) is 13.4. The van der Waals surface area contributed by atoms with E-state index in [-0.39, 0.29) is 11.9 Å². The molecule has 1 aromatic carbocycles. The maximum absolute atomic E-state index is 13.4. The monoisotopic (exact) mass is 359 g/mol. The molecule has 1 amide bonds. The van der Waals surface area contributed by atoms with Crippen molar-refractivity contribution < 1.29 is 14.3 Å². The van der Waals surface area contributed by atoms with Crippen LogP contribution in [0.2, 0.25) is 0 Å². The summed E-state index contributed by atoms with van der Waals surface area (Å²) in [5.41, 5.74) is 1.22. The van der Waals surface area contributed by atoms with Crippen molar-refractivity contribution in [3.05, 3.63) is 23.8 Å². The number of hydrogen-bond acceptors (Lipinski definition) is 5. The van der Waals surface area contributed by atoms with Gasteiger partial charge in [-0.15, -0.1) is 0 Å². The Morgan fingerprint density at radius 2 is 1.81 bits per heavy atom. The number of hydrogen-bond donors (Lipinski definition) is 1. The van der Waals surface area contributed by atoms with Crippen molar-refractivity contribution in [2.24, 2.45) is 10.5 Å². The number of nitrogens with zero attached hydrogens (tertiary/aromatic N) is 2. The number of carbonyl (C=O) groups excluding carboxylic acids is 1. The lowest BCUT2D eigenvalue weighted by Gasteiger charge is -2.32. The predicted molar refractivity (Wildman–Crippen MR) is 102 cm³/mol. The summed E-state index contributed by atoms with van der Waals surface area (Å²) in [6.45, 7) is 6.01. The highest BCUT2D eigenvalue weighted by atomic mass is 16.5. The minimum absolute atomic E-state index is 0.138. The standard InChI is InChI=1S/C20H29N3O3/c1-5-20(6-2)18(14-7-8-16(25-3)17(13-14)26-4)22-23(19(20)24)15-9-11-21-12-10-15/h7-8,13,15,21H,5-6,9-12H2,1-4H3. The molecular formula is C20H29N3O3. The van der Waals surface area contributed by atoms with Crippen LogP contribution in [0.15, 0.2) is 23.3 Å². The van der Waals surface area contributed by atoms with E-state index in [0.717, 1.165) is 50.0 Å². The summed E-state index contributed by atoms with van der Waals surface area (Å²) in [7, 11) is 3.24. The highest BCUT2D eigenvalue weighted by Crippen LogP contribution is 2.42. The molecule has 6 heteroatoms. The summed E-state index contributed by atoms with van der Waals surface area (Å²) >= 11 is 0. The molecular weight excluding hydrogens is 330 g/mol. The third-order valence-corrected chi connectivity index (χ3v) is 5.80. The minimum atomic E-state index is -0.565. The first-order valence-electron chi connectivity index (χ1n) is 9.47. The molecule has 0 radical (unpaired) electrons. The molecule has 0 unspecified atom stereocenters. The number of rotatable bonds is 6. The van der Waals surface area contributed by atoms with Crippen LogP contribution >= 0.6 is 0 Å². The van der Waals surface area contributed by atoms with Crippen LogP contribution < -0.4 is 14.8 Å². The maximum atomic E-state index is 13.4. The van der Waals surface area contributed by atoms with Gasteiger partial charge in [0.15, 0.2) is 11.5 Å². The van der Waals surface area contributed by atoms with E-state index in [2.05, 4.69) is 19.2 Å². The Bertz CT molecular complexity index is 692. The first kappa shape index (κ1) is 18.7. The maximum Gasteiger partial charge on any atom is 0.255 e. The normalized spacial score (nSPS) is 20.2. The summed E-state index contributed by atoms with van der Waals surface area (Å²) < 4.78 is 10.8. The van der Waals surface area contributed by atoms with E-state index in [1.165, 1.54) is 0 Å². The molecule has 0 aliphatic carbocycles. The van der Waals surface area contributed by atoms with Crippen molar-refractivity contribution in [1.29, 1.82) is 0 Å². The zero-order valence-electron chi connectivity index (χ0n) is 16.2. The van der Waals surface area contributed by atoms with Gasteiger partial charge < -0.3 is 14.8 Å². The number of nitrogens with one attached hydrogen (secondary N) is 1. The number of piperidine rings is 1. The van der Waals surface area contributed by atoms with Crippen LogP contribution in [-0.4, -0.2) is 50.0 Å². The van der Waals surface area contributed by atoms with E-state index in [1.54, 1.807) is 19.2 Å². The number of amides is 1. The van der Waals surface area contributed by atoms with Gasteiger partial charge in [-0.2, -0.15) is 5.10 Å². The molecule has 0 bridgehead atoms. The molecule has 0 saturated carbocycles. The first-order valence-corrected chi connectivity index (χ1v) is 9.47. The van der Waals surface area contributed by atoms with Crippen molar-refractivity contribution in [2.45, 2.75) is 45.6 Å². The number of methoxy groups -OCH3 is 2. The molecule has 6 nitrogen and oxygen atoms in total. The van der Waals surface area contributed by atoms with Crippen molar-refractivity contribution in [1.82, 2.24) is 10.3 Å². The lowest BCUT2D eigenvalue weighted by molar-refractivity contribution is -0.139. The van der Waals surface area contributed by atoms with Gasteiger partial charge in [0.25, 0.3) is 5.91 Å². The van der Waals surface area contributed by atoms with Gasteiger partial charge in [-0.05, 0) is 57.0 Å². The lowest BCUT2D eigenvalue weighted by atomic mass is 9.75. The van der Waals surface area contributed by atoms with Crippen LogP contribution in [-0.2, 0) is 4.79 Å². The second-order valence-corrected chi connectivity index (χ2v) is 6.94. The van der Waals surface area contributed by atoms with Crippen molar-refractivity contribution in [2.75, 3.05) is 27.3 Å². The van der Waals surface area contributed by atoms with Gasteiger partial charge >= 0.3 is 0 Å². The molecule has 0 aromatic heterocycles. The Morgan fingerprint density at radius 1 is 1.15 bits per heavy atom. The topological polar surface area (TPSA) is 63.2 Å². The van der Waals surface area contributed by atoms with Gasteiger partial charge in [-0.25, -0.2) is 5.01 Å². The number of benzene rings is 1. The Morgan fingerprint density at radius 3 is 2.38 bits per heavy atom. The lowest BCUT2D eigenvalue weighted by Crippen LogP contribution is -2.46. The SMILES string of the molecule is CCC1(CC)C(=O)N(C2CCNCC2)N=C1c1ccc(OC)c(OC)c1. The van der Waals surface area contributed by atoms with E-state index >= 15 is 0 Å². The highest BCUT2D eigenvalue weighted by Gasteiger charge is 2.50. The van der Waals surface area contributed by atoms with E-state index in [4.69, 9.17) is 14.6 Å². The third kappa shape index (κ3) is 2.96. The Hall–Kier alpha value is -2.08. The van der Waals surface area contributed by atoms with Crippen LogP contribution in [0.25, 0.3) is 0 Å². The van der Waals surface area contributed by atoms with Crippen LogP contribution in [0.5, 0.6) is 11.5 Å². The molecule has 1 N–H and O–H groups in total. The number of carbonyl (C=O) groups is 1. The third-order valence-electron chi connectivity index (χ3n) is 5.80. The summed E-state index contributed by atoms with van der Waals surface area (Å²) in [5.74, 6) is 1.47. The largest absolute Gasteiger partial charge is 0.493 e. The zero-order valence-corrected chi connectivity index (χ0v) is 16.2. The molecule has 0 spiro atoms. The van der Waals surface area contributed by atoms with Crippen molar-refractivity contribution >= 4 is 11.6 Å². The van der Waals surface area contributed by atoms with Gasteiger partial charge in [0.1, 0.15) is 0 Å². The fraction of sp³-hybridized carbons (Fsp3) is 0.600. The second kappa shape index (κ2) is 7.66. The molecule has 2 aliphatic rings. The number of hydrazone groups is 1. The Kier molecular flexibility index (Phi) is 5.51. The van der Waals surface area contributed by atoms with E-state index < -0.39 is 5.41 Å². The van der Waals surface area contributed by atoms with Crippen LogP contribution in [0, 0.1) is 5.41 Å². The van der Waals surface area contributed by atoms with E-state index in [9.17, 15) is 4.79 Å². The molecule has 1 saturated heterocycles. The predicted octanol–water partition coefficient (Wildman–Crippen LogP) is 2.81. The average Bonchev–Trinajstić information content (AvgIpc) is 3.00. The first-order chi connectivity index (χ1) is 12.6. The Labute approximate surface area is 155 Å². The molecule has 2 heterocycles. The van der Waals surface area contributed by atoms with Gasteiger partial charge in [-0.1, -0.05) is 13.8 Å². The molecule has 3 rings (SSSR count). The zero-order chi connectivity index (χ0) is 18.7. The molecule has 1 fully saturated rings. The highest BCUT2D eigenvalue weighted by molar-refractivity contribution is 6.20. The molecule has 142 valence electrons. The molecule has 26 heavy (non-hydrogen) atoms.